The van der Waals surface area contributed by atoms with E-state index in [1.54, 1.807) is 0 Å². The first-order valence-electron chi connectivity index (χ1n) is 5.93. The minimum atomic E-state index is 0.325. The van der Waals surface area contributed by atoms with Crippen molar-refractivity contribution in [1.29, 1.82) is 0 Å². The van der Waals surface area contributed by atoms with Crippen LogP contribution in [0, 0.1) is 6.92 Å². The van der Waals surface area contributed by atoms with Gasteiger partial charge in [0.25, 0.3) is 0 Å². The second-order valence-electron chi connectivity index (χ2n) is 4.43. The minimum absolute atomic E-state index is 0.325. The highest BCUT2D eigenvalue weighted by atomic mass is 35.5. The molecule has 96 valence electrons. The van der Waals surface area contributed by atoms with Gasteiger partial charge < -0.3 is 9.80 Å². The number of anilines is 1. The zero-order valence-electron chi connectivity index (χ0n) is 11.1. The maximum absolute atomic E-state index is 5.90. The van der Waals surface area contributed by atoms with Gasteiger partial charge in [0.15, 0.2) is 0 Å². The van der Waals surface area contributed by atoms with Crippen molar-refractivity contribution in [3.63, 3.8) is 0 Å². The third-order valence-corrected chi connectivity index (χ3v) is 2.62. The first-order chi connectivity index (χ1) is 8.02. The van der Waals surface area contributed by atoms with Gasteiger partial charge in [0, 0.05) is 31.4 Å². The second kappa shape index (κ2) is 6.77. The van der Waals surface area contributed by atoms with Crippen LogP contribution in [-0.4, -0.2) is 48.6 Å². The molecule has 0 saturated heterocycles. The van der Waals surface area contributed by atoms with Gasteiger partial charge in [-0.25, -0.2) is 9.97 Å². The lowest BCUT2D eigenvalue weighted by Crippen LogP contribution is -2.33. The van der Waals surface area contributed by atoms with Crippen LogP contribution >= 0.6 is 11.6 Å². The molecular weight excluding hydrogens is 236 g/mol. The summed E-state index contributed by atoms with van der Waals surface area (Å²) in [5.41, 5.74) is 0.908. The Hall–Kier alpha value is -0.870. The smallest absolute Gasteiger partial charge is 0.224 e. The van der Waals surface area contributed by atoms with Gasteiger partial charge in [-0.05, 0) is 39.0 Å². The lowest BCUT2D eigenvalue weighted by Gasteiger charge is -2.25. The summed E-state index contributed by atoms with van der Waals surface area (Å²) in [4.78, 5) is 12.8. The highest BCUT2D eigenvalue weighted by Gasteiger charge is 2.09. The van der Waals surface area contributed by atoms with Crippen LogP contribution in [0.4, 0.5) is 5.82 Å². The molecule has 0 bridgehead atoms. The summed E-state index contributed by atoms with van der Waals surface area (Å²) in [6.45, 7) is 7.04. The van der Waals surface area contributed by atoms with Crippen LogP contribution in [0.15, 0.2) is 6.07 Å². The standard InChI is InChI=1S/C12H21ClN4/c1-5-6-17(8-7-16(3)4)11-9-10(2)14-12(13)15-11/h9H,5-8H2,1-4H3. The molecule has 0 atom stereocenters. The van der Waals surface area contributed by atoms with Crippen LogP contribution in [0.5, 0.6) is 0 Å². The molecular formula is C12H21ClN4. The van der Waals surface area contributed by atoms with E-state index in [4.69, 9.17) is 11.6 Å². The first-order valence-corrected chi connectivity index (χ1v) is 6.31. The van der Waals surface area contributed by atoms with Crippen LogP contribution in [0.25, 0.3) is 0 Å². The Kier molecular flexibility index (Phi) is 5.65. The Balaban J connectivity index is 2.80. The van der Waals surface area contributed by atoms with E-state index < -0.39 is 0 Å². The number of hydrogen-bond donors (Lipinski definition) is 0. The van der Waals surface area contributed by atoms with Crippen LogP contribution < -0.4 is 4.90 Å². The normalized spacial score (nSPS) is 10.9. The van der Waals surface area contributed by atoms with Crippen molar-refractivity contribution in [2.75, 3.05) is 38.6 Å². The van der Waals surface area contributed by atoms with Gasteiger partial charge >= 0.3 is 0 Å². The summed E-state index contributed by atoms with van der Waals surface area (Å²) >= 11 is 5.90. The lowest BCUT2D eigenvalue weighted by molar-refractivity contribution is 0.412. The number of aromatic nitrogens is 2. The third kappa shape index (κ3) is 4.88. The molecule has 1 rings (SSSR count). The zero-order chi connectivity index (χ0) is 12.8. The third-order valence-electron chi connectivity index (χ3n) is 2.45. The van der Waals surface area contributed by atoms with E-state index in [1.165, 1.54) is 0 Å². The fourth-order valence-corrected chi connectivity index (χ4v) is 1.83. The maximum atomic E-state index is 5.90. The number of aryl methyl sites for hydroxylation is 1. The largest absolute Gasteiger partial charge is 0.355 e. The second-order valence-corrected chi connectivity index (χ2v) is 4.76. The predicted octanol–water partition coefficient (Wildman–Crippen LogP) is 2.22. The number of rotatable bonds is 6. The van der Waals surface area contributed by atoms with E-state index in [0.29, 0.717) is 5.28 Å². The molecule has 1 heterocycles. The Morgan fingerprint density at radius 1 is 1.18 bits per heavy atom. The van der Waals surface area contributed by atoms with Crippen molar-refractivity contribution in [2.24, 2.45) is 0 Å². The van der Waals surface area contributed by atoms with E-state index in [1.807, 2.05) is 13.0 Å². The van der Waals surface area contributed by atoms with Crippen molar-refractivity contribution in [1.82, 2.24) is 14.9 Å². The number of halogens is 1. The molecule has 0 spiro atoms. The summed E-state index contributed by atoms with van der Waals surface area (Å²) in [5.74, 6) is 0.922. The van der Waals surface area contributed by atoms with Gasteiger partial charge in [-0.3, -0.25) is 0 Å². The lowest BCUT2D eigenvalue weighted by atomic mass is 10.3. The SMILES string of the molecule is CCCN(CCN(C)C)c1cc(C)nc(Cl)n1. The van der Waals surface area contributed by atoms with Gasteiger partial charge in [0.05, 0.1) is 0 Å². The summed E-state index contributed by atoms with van der Waals surface area (Å²) in [5, 5.41) is 0.325. The molecule has 0 aliphatic carbocycles. The molecule has 0 unspecified atom stereocenters. The van der Waals surface area contributed by atoms with E-state index in [2.05, 4.69) is 40.8 Å². The van der Waals surface area contributed by atoms with Gasteiger partial charge in [0.2, 0.25) is 5.28 Å². The molecule has 0 aromatic carbocycles. The predicted molar refractivity (Wildman–Crippen MR) is 72.8 cm³/mol. The van der Waals surface area contributed by atoms with Crippen molar-refractivity contribution < 1.29 is 0 Å². The molecule has 0 radical (unpaired) electrons. The Morgan fingerprint density at radius 3 is 2.41 bits per heavy atom. The maximum Gasteiger partial charge on any atom is 0.224 e. The Morgan fingerprint density at radius 2 is 1.88 bits per heavy atom. The summed E-state index contributed by atoms with van der Waals surface area (Å²) in [7, 11) is 4.14. The van der Waals surface area contributed by atoms with Gasteiger partial charge in [-0.1, -0.05) is 6.92 Å². The van der Waals surface area contributed by atoms with Gasteiger partial charge in [0.1, 0.15) is 5.82 Å². The Labute approximate surface area is 109 Å². The fourth-order valence-electron chi connectivity index (χ4n) is 1.61. The molecule has 5 heteroatoms. The van der Waals surface area contributed by atoms with Crippen LogP contribution in [0.1, 0.15) is 19.0 Å². The molecule has 4 nitrogen and oxygen atoms in total. The van der Waals surface area contributed by atoms with Crippen LogP contribution in [0.3, 0.4) is 0 Å². The quantitative estimate of drug-likeness (QED) is 0.731. The molecule has 0 amide bonds. The molecule has 1 aromatic heterocycles. The van der Waals surface area contributed by atoms with Crippen molar-refractivity contribution in [3.8, 4) is 0 Å². The van der Waals surface area contributed by atoms with E-state index in [9.17, 15) is 0 Å². The van der Waals surface area contributed by atoms with Crippen LogP contribution in [0.2, 0.25) is 5.28 Å². The fraction of sp³-hybridized carbons (Fsp3) is 0.667. The highest BCUT2D eigenvalue weighted by Crippen LogP contribution is 2.15. The number of likely N-dealkylation sites (N-methyl/N-ethyl adjacent to an activating group) is 1. The summed E-state index contributed by atoms with van der Waals surface area (Å²) in [6.07, 6.45) is 1.09. The molecule has 0 N–H and O–H groups in total. The Bertz CT molecular complexity index is 334. The minimum Gasteiger partial charge on any atom is -0.355 e. The molecule has 0 fully saturated rings. The molecule has 1 aromatic rings. The zero-order valence-corrected chi connectivity index (χ0v) is 11.8. The molecule has 0 aliphatic heterocycles. The molecule has 0 aliphatic rings. The highest BCUT2D eigenvalue weighted by molar-refractivity contribution is 6.28. The van der Waals surface area contributed by atoms with Gasteiger partial charge in [-0.15, -0.1) is 0 Å². The monoisotopic (exact) mass is 256 g/mol. The average Bonchev–Trinajstić information content (AvgIpc) is 2.22. The first kappa shape index (κ1) is 14.2. The molecule has 0 saturated carbocycles. The number of nitrogens with zero attached hydrogens (tertiary/aromatic N) is 4. The van der Waals surface area contributed by atoms with E-state index in [-0.39, 0.29) is 0 Å². The average molecular weight is 257 g/mol. The van der Waals surface area contributed by atoms with Crippen molar-refractivity contribution in [3.05, 3.63) is 17.0 Å². The summed E-state index contributed by atoms with van der Waals surface area (Å²) in [6, 6.07) is 1.98. The summed E-state index contributed by atoms with van der Waals surface area (Å²) < 4.78 is 0. The van der Waals surface area contributed by atoms with Crippen molar-refractivity contribution in [2.45, 2.75) is 20.3 Å². The topological polar surface area (TPSA) is 32.3 Å². The molecule has 17 heavy (non-hydrogen) atoms. The van der Waals surface area contributed by atoms with Crippen LogP contribution in [-0.2, 0) is 0 Å². The van der Waals surface area contributed by atoms with Crippen molar-refractivity contribution >= 4 is 17.4 Å². The number of hydrogen-bond acceptors (Lipinski definition) is 4. The van der Waals surface area contributed by atoms with E-state index >= 15 is 0 Å². The van der Waals surface area contributed by atoms with Gasteiger partial charge in [-0.2, -0.15) is 0 Å². The van der Waals surface area contributed by atoms with E-state index in [0.717, 1.165) is 37.6 Å².